The van der Waals surface area contributed by atoms with Crippen molar-refractivity contribution < 1.29 is 17.9 Å². The third-order valence-corrected chi connectivity index (χ3v) is 8.06. The Labute approximate surface area is 197 Å². The smallest absolute Gasteiger partial charge is 0.243 e. The molecule has 1 saturated heterocycles. The summed E-state index contributed by atoms with van der Waals surface area (Å²) in [5.74, 6) is 0.815. The van der Waals surface area contributed by atoms with Crippen molar-refractivity contribution in [3.05, 3.63) is 24.0 Å². The molecule has 1 fully saturated rings. The lowest BCUT2D eigenvalue weighted by Crippen LogP contribution is -2.41. The molecular formula is C23H37N5O4S. The number of fused-ring (bicyclic) bond motifs is 1. The highest BCUT2D eigenvalue weighted by Crippen LogP contribution is 2.24. The topological polar surface area (TPSA) is 96.8 Å². The summed E-state index contributed by atoms with van der Waals surface area (Å²) < 4.78 is 34.7. The Bertz CT molecular complexity index is 1030. The average Bonchev–Trinajstić information content (AvgIpc) is 3.16. The number of amides is 1. The summed E-state index contributed by atoms with van der Waals surface area (Å²) in [6, 6.07) is 5.15. The fraction of sp³-hybridized carbons (Fsp3) is 0.652. The van der Waals surface area contributed by atoms with Crippen LogP contribution in [0.3, 0.4) is 0 Å². The Balaban J connectivity index is 1.68. The van der Waals surface area contributed by atoms with Crippen molar-refractivity contribution in [2.75, 3.05) is 52.5 Å². The summed E-state index contributed by atoms with van der Waals surface area (Å²) >= 11 is 0. The molecule has 1 aromatic carbocycles. The quantitative estimate of drug-likeness (QED) is 0.499. The summed E-state index contributed by atoms with van der Waals surface area (Å²) in [5, 5.41) is 3.00. The molecule has 0 atom stereocenters. The maximum absolute atomic E-state index is 12.9. The number of sulfonamides is 1. The van der Waals surface area contributed by atoms with Crippen molar-refractivity contribution in [2.24, 2.45) is 0 Å². The van der Waals surface area contributed by atoms with Gasteiger partial charge in [0.1, 0.15) is 5.82 Å². The third-order valence-electron chi connectivity index (χ3n) is 6.02. The molecule has 1 aromatic heterocycles. The predicted octanol–water partition coefficient (Wildman–Crippen LogP) is 1.86. The zero-order chi connectivity index (χ0) is 23.8. The van der Waals surface area contributed by atoms with E-state index >= 15 is 0 Å². The number of aromatic nitrogens is 2. The molecule has 1 N–H and O–H groups in total. The average molecular weight is 480 g/mol. The molecule has 9 nitrogen and oxygen atoms in total. The number of benzene rings is 1. The first-order valence-electron chi connectivity index (χ1n) is 12.0. The first-order valence-corrected chi connectivity index (χ1v) is 13.4. The SMILES string of the molecule is CCCn1c(CCC(=O)NCCN2CCOCC2)nc2cc(S(=O)(=O)N(CC)CC)ccc21. The molecule has 1 aliphatic heterocycles. The third kappa shape index (κ3) is 6.32. The number of carbonyl (C=O) groups is 1. The standard InChI is InChI=1S/C23H37N5O4S/c1-4-12-28-21-8-7-19(33(30,31)27(5-2)6-3)18-20(21)25-22(28)9-10-23(29)24-11-13-26-14-16-32-17-15-26/h7-8,18H,4-6,9-17H2,1-3H3,(H,24,29). The van der Waals surface area contributed by atoms with E-state index in [0.717, 1.165) is 57.2 Å². The van der Waals surface area contributed by atoms with E-state index in [0.29, 0.717) is 38.0 Å². The molecule has 0 spiro atoms. The van der Waals surface area contributed by atoms with Crippen molar-refractivity contribution in [3.8, 4) is 0 Å². The predicted molar refractivity (Wildman–Crippen MR) is 129 cm³/mol. The maximum atomic E-state index is 12.9. The van der Waals surface area contributed by atoms with Crippen LogP contribution in [0, 0.1) is 0 Å². The van der Waals surface area contributed by atoms with Gasteiger partial charge in [-0.3, -0.25) is 9.69 Å². The van der Waals surface area contributed by atoms with Crippen LogP contribution in [0.15, 0.2) is 23.1 Å². The number of ether oxygens (including phenoxy) is 1. The molecule has 0 radical (unpaired) electrons. The highest BCUT2D eigenvalue weighted by Gasteiger charge is 2.23. The minimum absolute atomic E-state index is 0.00293. The number of nitrogens with zero attached hydrogens (tertiary/aromatic N) is 4. The van der Waals surface area contributed by atoms with E-state index < -0.39 is 10.0 Å². The number of imidazole rings is 1. The van der Waals surface area contributed by atoms with Gasteiger partial charge in [-0.25, -0.2) is 13.4 Å². The minimum Gasteiger partial charge on any atom is -0.379 e. The Hall–Kier alpha value is -2.01. The lowest BCUT2D eigenvalue weighted by molar-refractivity contribution is -0.121. The van der Waals surface area contributed by atoms with Gasteiger partial charge in [-0.2, -0.15) is 4.31 Å². The van der Waals surface area contributed by atoms with Gasteiger partial charge in [0.25, 0.3) is 0 Å². The monoisotopic (exact) mass is 479 g/mol. The molecule has 2 aromatic rings. The minimum atomic E-state index is -3.55. The van der Waals surface area contributed by atoms with Gasteiger partial charge >= 0.3 is 0 Å². The number of hydrogen-bond donors (Lipinski definition) is 1. The zero-order valence-electron chi connectivity index (χ0n) is 20.0. The van der Waals surface area contributed by atoms with Gasteiger partial charge in [0.2, 0.25) is 15.9 Å². The van der Waals surface area contributed by atoms with Crippen LogP contribution in [-0.4, -0.2) is 85.6 Å². The van der Waals surface area contributed by atoms with Crippen LogP contribution in [0.2, 0.25) is 0 Å². The van der Waals surface area contributed by atoms with Crippen LogP contribution in [0.1, 0.15) is 39.4 Å². The number of morpholine rings is 1. The van der Waals surface area contributed by atoms with E-state index in [4.69, 9.17) is 9.72 Å². The number of aryl methyl sites for hydroxylation is 2. The van der Waals surface area contributed by atoms with Crippen LogP contribution in [0.25, 0.3) is 11.0 Å². The number of hydrogen-bond acceptors (Lipinski definition) is 6. The molecule has 2 heterocycles. The molecular weight excluding hydrogens is 442 g/mol. The lowest BCUT2D eigenvalue weighted by Gasteiger charge is -2.26. The molecule has 33 heavy (non-hydrogen) atoms. The van der Waals surface area contributed by atoms with Crippen molar-refractivity contribution >= 4 is 27.0 Å². The summed E-state index contributed by atoms with van der Waals surface area (Å²) in [6.45, 7) is 12.1. The van der Waals surface area contributed by atoms with Gasteiger partial charge in [0.15, 0.2) is 0 Å². The number of nitrogens with one attached hydrogen (secondary N) is 1. The molecule has 1 aliphatic rings. The normalized spacial score (nSPS) is 15.4. The van der Waals surface area contributed by atoms with Crippen LogP contribution >= 0.6 is 0 Å². The van der Waals surface area contributed by atoms with Crippen LogP contribution < -0.4 is 5.32 Å². The van der Waals surface area contributed by atoms with Gasteiger partial charge in [-0.05, 0) is 24.6 Å². The highest BCUT2D eigenvalue weighted by molar-refractivity contribution is 7.89. The Morgan fingerprint density at radius 3 is 2.55 bits per heavy atom. The van der Waals surface area contributed by atoms with Crippen molar-refractivity contribution in [2.45, 2.75) is 51.5 Å². The van der Waals surface area contributed by atoms with Gasteiger partial charge in [0.05, 0.1) is 29.1 Å². The van der Waals surface area contributed by atoms with E-state index in [-0.39, 0.29) is 10.8 Å². The first-order chi connectivity index (χ1) is 15.9. The summed E-state index contributed by atoms with van der Waals surface area (Å²) in [6.07, 6.45) is 1.78. The molecule has 10 heteroatoms. The second kappa shape index (κ2) is 11.9. The van der Waals surface area contributed by atoms with Gasteiger partial charge < -0.3 is 14.6 Å². The van der Waals surface area contributed by atoms with Crippen molar-refractivity contribution in [1.82, 2.24) is 24.1 Å². The summed E-state index contributed by atoms with van der Waals surface area (Å²) in [7, 11) is -3.55. The molecule has 184 valence electrons. The molecule has 3 rings (SSSR count). The zero-order valence-corrected chi connectivity index (χ0v) is 20.9. The first kappa shape index (κ1) is 25.6. The maximum Gasteiger partial charge on any atom is 0.243 e. The van der Waals surface area contributed by atoms with E-state index in [1.54, 1.807) is 12.1 Å². The van der Waals surface area contributed by atoms with Crippen LogP contribution in [0.5, 0.6) is 0 Å². The van der Waals surface area contributed by atoms with E-state index in [2.05, 4.69) is 21.7 Å². The molecule has 1 amide bonds. The second-order valence-corrected chi connectivity index (χ2v) is 10.2. The second-order valence-electron chi connectivity index (χ2n) is 8.22. The number of carbonyl (C=O) groups excluding carboxylic acids is 1. The van der Waals surface area contributed by atoms with E-state index in [1.165, 1.54) is 4.31 Å². The summed E-state index contributed by atoms with van der Waals surface area (Å²) in [5.41, 5.74) is 1.55. The van der Waals surface area contributed by atoms with E-state index in [9.17, 15) is 13.2 Å². The van der Waals surface area contributed by atoms with Gasteiger partial charge in [-0.1, -0.05) is 20.8 Å². The number of rotatable bonds is 12. The molecule has 0 unspecified atom stereocenters. The summed E-state index contributed by atoms with van der Waals surface area (Å²) in [4.78, 5) is 19.7. The molecule has 0 saturated carbocycles. The van der Waals surface area contributed by atoms with Crippen LogP contribution in [0.4, 0.5) is 0 Å². The van der Waals surface area contributed by atoms with Crippen LogP contribution in [-0.2, 0) is 32.5 Å². The fourth-order valence-corrected chi connectivity index (χ4v) is 5.67. The lowest BCUT2D eigenvalue weighted by atomic mass is 10.2. The highest BCUT2D eigenvalue weighted by atomic mass is 32.2. The van der Waals surface area contributed by atoms with Gasteiger partial charge in [-0.15, -0.1) is 0 Å². The fourth-order valence-electron chi connectivity index (χ4n) is 4.19. The largest absolute Gasteiger partial charge is 0.379 e. The van der Waals surface area contributed by atoms with E-state index in [1.807, 2.05) is 19.9 Å². The van der Waals surface area contributed by atoms with Crippen molar-refractivity contribution in [1.29, 1.82) is 0 Å². The Kier molecular flexibility index (Phi) is 9.25. The Morgan fingerprint density at radius 1 is 1.15 bits per heavy atom. The molecule has 0 bridgehead atoms. The molecule has 0 aliphatic carbocycles. The Morgan fingerprint density at radius 2 is 1.88 bits per heavy atom. The van der Waals surface area contributed by atoms with Gasteiger partial charge in [0, 0.05) is 58.7 Å². The van der Waals surface area contributed by atoms with Crippen molar-refractivity contribution in [3.63, 3.8) is 0 Å².